The molecule has 2 aromatic rings. The molecule has 2 saturated carbocycles. The largest absolute Gasteiger partial charge is 0.457 e. The molecule has 2 amide bonds. The van der Waals surface area contributed by atoms with Crippen LogP contribution in [0.4, 0.5) is 5.69 Å². The number of halogens is 2. The minimum atomic E-state index is -0.198. The standard InChI is InChI=1S/C23H21Br2NO3/c1-11-4-3-5-12(2)21(11)29-14-8-6-13(7-9-14)26-22(27)17-15-10-16(18(17)23(26)28)20(25)19(15)24/h3-9,15-20H,10H2,1-2H3. The number of imide groups is 1. The number of nitrogens with zero attached hydrogens (tertiary/aromatic N) is 1. The van der Waals surface area contributed by atoms with Crippen LogP contribution in [0.2, 0.25) is 0 Å². The summed E-state index contributed by atoms with van der Waals surface area (Å²) in [7, 11) is 0. The van der Waals surface area contributed by atoms with Crippen LogP contribution in [0.1, 0.15) is 17.5 Å². The molecular weight excluding hydrogens is 498 g/mol. The van der Waals surface area contributed by atoms with Gasteiger partial charge in [-0.2, -0.15) is 0 Å². The number of carbonyl (C=O) groups excluding carboxylic acids is 2. The number of rotatable bonds is 3. The first-order valence-corrected chi connectivity index (χ1v) is 11.7. The van der Waals surface area contributed by atoms with E-state index < -0.39 is 0 Å². The second-order valence-electron chi connectivity index (χ2n) is 8.33. The third-order valence-corrected chi connectivity index (χ3v) is 9.92. The zero-order chi connectivity index (χ0) is 20.4. The molecule has 0 N–H and O–H groups in total. The normalized spacial score (nSPS) is 32.8. The average molecular weight is 519 g/mol. The first kappa shape index (κ1) is 19.3. The van der Waals surface area contributed by atoms with Gasteiger partial charge in [0.25, 0.3) is 0 Å². The first-order chi connectivity index (χ1) is 13.9. The van der Waals surface area contributed by atoms with Gasteiger partial charge in [-0.3, -0.25) is 14.5 Å². The lowest BCUT2D eigenvalue weighted by Gasteiger charge is -2.28. The summed E-state index contributed by atoms with van der Waals surface area (Å²) in [6.07, 6.45) is 0.940. The van der Waals surface area contributed by atoms with Crippen LogP contribution in [-0.4, -0.2) is 21.5 Å². The Hall–Kier alpha value is -1.66. The summed E-state index contributed by atoms with van der Waals surface area (Å²) in [6.45, 7) is 4.03. The van der Waals surface area contributed by atoms with Gasteiger partial charge >= 0.3 is 0 Å². The lowest BCUT2D eigenvalue weighted by atomic mass is 9.81. The highest BCUT2D eigenvalue weighted by Gasteiger charge is 2.66. The Labute approximate surface area is 186 Å². The Morgan fingerprint density at radius 2 is 1.38 bits per heavy atom. The monoisotopic (exact) mass is 517 g/mol. The van der Waals surface area contributed by atoms with E-state index in [0.717, 1.165) is 23.3 Å². The molecule has 5 rings (SSSR count). The number of benzene rings is 2. The van der Waals surface area contributed by atoms with Gasteiger partial charge in [0, 0.05) is 9.65 Å². The molecule has 3 fully saturated rings. The van der Waals surface area contributed by atoms with Gasteiger partial charge in [0.15, 0.2) is 0 Å². The van der Waals surface area contributed by atoms with Gasteiger partial charge in [-0.25, -0.2) is 0 Å². The molecule has 1 heterocycles. The fraction of sp³-hybridized carbons (Fsp3) is 0.391. The maximum Gasteiger partial charge on any atom is 0.238 e. The van der Waals surface area contributed by atoms with E-state index in [2.05, 4.69) is 31.9 Å². The number of hydrogen-bond acceptors (Lipinski definition) is 3. The number of para-hydroxylation sites is 1. The molecule has 2 bridgehead atoms. The highest BCUT2D eigenvalue weighted by molar-refractivity contribution is 9.12. The van der Waals surface area contributed by atoms with Crippen LogP contribution in [-0.2, 0) is 9.59 Å². The van der Waals surface area contributed by atoms with Crippen molar-refractivity contribution in [2.24, 2.45) is 23.7 Å². The SMILES string of the molecule is Cc1cccc(C)c1Oc1ccc(N2C(=O)C3C4CC(C(Br)C4Br)C3C2=O)cc1. The van der Waals surface area contributed by atoms with Crippen molar-refractivity contribution in [1.29, 1.82) is 0 Å². The van der Waals surface area contributed by atoms with Gasteiger partial charge in [0.2, 0.25) is 11.8 Å². The number of ether oxygens (including phenoxy) is 1. The summed E-state index contributed by atoms with van der Waals surface area (Å²) in [6, 6.07) is 13.3. The fourth-order valence-electron chi connectivity index (χ4n) is 5.34. The van der Waals surface area contributed by atoms with Crippen LogP contribution < -0.4 is 9.64 Å². The number of carbonyl (C=O) groups is 2. The van der Waals surface area contributed by atoms with Crippen LogP contribution in [0, 0.1) is 37.5 Å². The molecule has 0 radical (unpaired) electrons. The van der Waals surface area contributed by atoms with E-state index in [1.807, 2.05) is 44.2 Å². The van der Waals surface area contributed by atoms with Crippen molar-refractivity contribution in [3.05, 3.63) is 53.6 Å². The molecule has 6 atom stereocenters. The van der Waals surface area contributed by atoms with E-state index in [1.165, 1.54) is 4.90 Å². The Morgan fingerprint density at radius 1 is 0.862 bits per heavy atom. The second-order valence-corrected chi connectivity index (χ2v) is 10.4. The van der Waals surface area contributed by atoms with Crippen molar-refractivity contribution in [2.45, 2.75) is 29.9 Å². The van der Waals surface area contributed by atoms with Gasteiger partial charge in [-0.1, -0.05) is 50.1 Å². The predicted molar refractivity (Wildman–Crippen MR) is 119 cm³/mol. The second kappa shape index (κ2) is 6.95. The van der Waals surface area contributed by atoms with E-state index in [4.69, 9.17) is 4.74 Å². The Balaban J connectivity index is 1.40. The van der Waals surface area contributed by atoms with E-state index in [1.54, 1.807) is 12.1 Å². The summed E-state index contributed by atoms with van der Waals surface area (Å²) in [5.41, 5.74) is 2.76. The molecule has 0 aromatic heterocycles. The van der Waals surface area contributed by atoms with Crippen molar-refractivity contribution in [3.8, 4) is 11.5 Å². The van der Waals surface area contributed by atoms with Gasteiger partial charge in [0.1, 0.15) is 11.5 Å². The average Bonchev–Trinajstić information content (AvgIpc) is 3.31. The number of aryl methyl sites for hydroxylation is 2. The van der Waals surface area contributed by atoms with Crippen molar-refractivity contribution in [1.82, 2.24) is 0 Å². The Kier molecular flexibility index (Phi) is 4.63. The zero-order valence-corrected chi connectivity index (χ0v) is 19.3. The van der Waals surface area contributed by atoms with E-state index in [9.17, 15) is 9.59 Å². The summed E-state index contributed by atoms with van der Waals surface area (Å²) in [5.74, 6) is 1.47. The Bertz CT molecular complexity index is 953. The molecule has 0 spiro atoms. The van der Waals surface area contributed by atoms with Gasteiger partial charge in [-0.05, 0) is 67.5 Å². The maximum atomic E-state index is 13.1. The molecule has 1 aliphatic heterocycles. The molecule has 150 valence electrons. The number of amides is 2. The predicted octanol–water partition coefficient (Wildman–Crippen LogP) is 5.38. The van der Waals surface area contributed by atoms with Crippen LogP contribution >= 0.6 is 31.9 Å². The molecular formula is C23H21Br2NO3. The third kappa shape index (κ3) is 2.82. The summed E-state index contributed by atoms with van der Waals surface area (Å²) in [5, 5.41) is 0. The number of alkyl halides is 2. The minimum Gasteiger partial charge on any atom is -0.457 e. The molecule has 29 heavy (non-hydrogen) atoms. The fourth-order valence-corrected chi connectivity index (χ4v) is 7.22. The quantitative estimate of drug-likeness (QED) is 0.405. The van der Waals surface area contributed by atoms with Crippen molar-refractivity contribution < 1.29 is 14.3 Å². The topological polar surface area (TPSA) is 46.6 Å². The van der Waals surface area contributed by atoms with Gasteiger partial charge < -0.3 is 4.74 Å². The van der Waals surface area contributed by atoms with Crippen LogP contribution in [0.5, 0.6) is 11.5 Å². The molecule has 4 nitrogen and oxygen atoms in total. The molecule has 6 heteroatoms. The van der Waals surface area contributed by atoms with Crippen LogP contribution in [0.15, 0.2) is 42.5 Å². The molecule has 2 aliphatic carbocycles. The first-order valence-electron chi connectivity index (χ1n) is 9.88. The number of hydrogen-bond donors (Lipinski definition) is 0. The van der Waals surface area contributed by atoms with Crippen molar-refractivity contribution in [3.63, 3.8) is 0 Å². The maximum absolute atomic E-state index is 13.1. The highest BCUT2D eigenvalue weighted by Crippen LogP contribution is 2.60. The summed E-state index contributed by atoms with van der Waals surface area (Å²) in [4.78, 5) is 28.2. The van der Waals surface area contributed by atoms with Crippen molar-refractivity contribution in [2.75, 3.05) is 4.90 Å². The van der Waals surface area contributed by atoms with E-state index in [-0.39, 0.29) is 45.1 Å². The lowest BCUT2D eigenvalue weighted by Crippen LogP contribution is -2.37. The third-order valence-electron chi connectivity index (χ3n) is 6.71. The highest BCUT2D eigenvalue weighted by atomic mass is 79.9. The molecule has 3 aliphatic rings. The molecule has 6 unspecified atom stereocenters. The molecule has 2 aromatic carbocycles. The number of anilines is 1. The van der Waals surface area contributed by atoms with Crippen LogP contribution in [0.25, 0.3) is 0 Å². The van der Waals surface area contributed by atoms with E-state index in [0.29, 0.717) is 11.4 Å². The zero-order valence-electron chi connectivity index (χ0n) is 16.1. The summed E-state index contributed by atoms with van der Waals surface area (Å²) < 4.78 is 6.06. The number of fused-ring (bicyclic) bond motifs is 5. The van der Waals surface area contributed by atoms with Crippen LogP contribution in [0.3, 0.4) is 0 Å². The Morgan fingerprint density at radius 3 is 1.90 bits per heavy atom. The lowest BCUT2D eigenvalue weighted by molar-refractivity contribution is -0.123. The van der Waals surface area contributed by atoms with Gasteiger partial charge in [0.05, 0.1) is 17.5 Å². The van der Waals surface area contributed by atoms with Gasteiger partial charge in [-0.15, -0.1) is 0 Å². The summed E-state index contributed by atoms with van der Waals surface area (Å²) >= 11 is 7.46. The van der Waals surface area contributed by atoms with E-state index >= 15 is 0 Å². The van der Waals surface area contributed by atoms with Crippen molar-refractivity contribution >= 4 is 49.4 Å². The minimum absolute atomic E-state index is 0.0558. The smallest absolute Gasteiger partial charge is 0.238 e. The molecule has 1 saturated heterocycles.